The van der Waals surface area contributed by atoms with Gasteiger partial charge in [0.15, 0.2) is 5.76 Å². The van der Waals surface area contributed by atoms with Gasteiger partial charge in [-0.1, -0.05) is 28.9 Å². The molecular formula is C15H17ClN2O3S. The SMILES string of the molecule is Cc1noc(C)c1S(=O)(=O)N1CCC[C@H]1c1ccc(Cl)cc1. The van der Waals surface area contributed by atoms with E-state index in [1.165, 1.54) is 0 Å². The predicted molar refractivity (Wildman–Crippen MR) is 83.3 cm³/mol. The fraction of sp³-hybridized carbons (Fsp3) is 0.400. The minimum atomic E-state index is -3.62. The van der Waals surface area contributed by atoms with Gasteiger partial charge in [0.25, 0.3) is 0 Å². The summed E-state index contributed by atoms with van der Waals surface area (Å²) in [7, 11) is -3.62. The van der Waals surface area contributed by atoms with E-state index in [0.717, 1.165) is 18.4 Å². The van der Waals surface area contributed by atoms with Gasteiger partial charge >= 0.3 is 0 Å². The molecule has 3 rings (SSSR count). The lowest BCUT2D eigenvalue weighted by atomic mass is 10.1. The Balaban J connectivity index is 2.01. The Morgan fingerprint density at radius 3 is 2.55 bits per heavy atom. The molecule has 22 heavy (non-hydrogen) atoms. The molecule has 1 aromatic heterocycles. The summed E-state index contributed by atoms with van der Waals surface area (Å²) in [5.74, 6) is 0.333. The van der Waals surface area contributed by atoms with Crippen LogP contribution in [0.25, 0.3) is 0 Å². The summed E-state index contributed by atoms with van der Waals surface area (Å²) in [5.41, 5.74) is 1.36. The van der Waals surface area contributed by atoms with Crippen LogP contribution < -0.4 is 0 Å². The van der Waals surface area contributed by atoms with Crippen molar-refractivity contribution in [3.63, 3.8) is 0 Å². The lowest BCUT2D eigenvalue weighted by molar-refractivity contribution is 0.384. The van der Waals surface area contributed by atoms with E-state index in [4.69, 9.17) is 16.1 Å². The van der Waals surface area contributed by atoms with Crippen LogP contribution in [0.15, 0.2) is 33.7 Å². The number of benzene rings is 1. The molecule has 0 radical (unpaired) electrons. The minimum Gasteiger partial charge on any atom is -0.360 e. The van der Waals surface area contributed by atoms with E-state index in [9.17, 15) is 8.42 Å². The van der Waals surface area contributed by atoms with Crippen LogP contribution in [0, 0.1) is 13.8 Å². The Labute approximate surface area is 134 Å². The summed E-state index contributed by atoms with van der Waals surface area (Å²) >= 11 is 5.91. The average Bonchev–Trinajstić information content (AvgIpc) is 3.07. The van der Waals surface area contributed by atoms with Crippen LogP contribution in [-0.4, -0.2) is 24.4 Å². The molecule has 0 unspecified atom stereocenters. The monoisotopic (exact) mass is 340 g/mol. The largest absolute Gasteiger partial charge is 0.360 e. The van der Waals surface area contributed by atoms with Gasteiger partial charge in [-0.15, -0.1) is 0 Å². The number of halogens is 1. The predicted octanol–water partition coefficient (Wildman–Crippen LogP) is 3.47. The van der Waals surface area contributed by atoms with E-state index >= 15 is 0 Å². The first kappa shape index (κ1) is 15.5. The highest BCUT2D eigenvalue weighted by Crippen LogP contribution is 2.38. The van der Waals surface area contributed by atoms with E-state index < -0.39 is 10.0 Å². The van der Waals surface area contributed by atoms with Crippen LogP contribution in [0.2, 0.25) is 5.02 Å². The van der Waals surface area contributed by atoms with Crippen molar-refractivity contribution in [1.29, 1.82) is 0 Å². The summed E-state index contributed by atoms with van der Waals surface area (Å²) in [6, 6.07) is 7.17. The molecule has 2 heterocycles. The Morgan fingerprint density at radius 1 is 1.27 bits per heavy atom. The standard InChI is InChI=1S/C15H17ClN2O3S/c1-10-15(11(2)21-17-10)22(19,20)18-9-3-4-14(18)12-5-7-13(16)8-6-12/h5-8,14H,3-4,9H2,1-2H3/t14-/m0/s1. The van der Waals surface area contributed by atoms with Crippen molar-refractivity contribution >= 4 is 21.6 Å². The molecule has 1 aliphatic rings. The zero-order valence-corrected chi connectivity index (χ0v) is 14.0. The van der Waals surface area contributed by atoms with Gasteiger partial charge in [0.05, 0.1) is 6.04 Å². The van der Waals surface area contributed by atoms with E-state index in [1.54, 1.807) is 30.3 Å². The third-order valence-corrected chi connectivity index (χ3v) is 6.40. The molecule has 1 fully saturated rings. The maximum absolute atomic E-state index is 13.0. The first-order chi connectivity index (χ1) is 10.4. The van der Waals surface area contributed by atoms with E-state index in [1.807, 2.05) is 12.1 Å². The lowest BCUT2D eigenvalue weighted by Crippen LogP contribution is -2.31. The topological polar surface area (TPSA) is 63.4 Å². The third kappa shape index (κ3) is 2.55. The van der Waals surface area contributed by atoms with Gasteiger partial charge in [0.1, 0.15) is 10.6 Å². The molecule has 0 amide bonds. The highest BCUT2D eigenvalue weighted by Gasteiger charge is 2.39. The maximum atomic E-state index is 13.0. The first-order valence-electron chi connectivity index (χ1n) is 7.11. The van der Waals surface area contributed by atoms with E-state index in [0.29, 0.717) is 23.0 Å². The fourth-order valence-electron chi connectivity index (χ4n) is 3.01. The van der Waals surface area contributed by atoms with Gasteiger partial charge < -0.3 is 4.52 Å². The van der Waals surface area contributed by atoms with Gasteiger partial charge in [0, 0.05) is 11.6 Å². The number of hydrogen-bond acceptors (Lipinski definition) is 4. The van der Waals surface area contributed by atoms with Crippen molar-refractivity contribution in [2.45, 2.75) is 37.6 Å². The third-order valence-electron chi connectivity index (χ3n) is 3.99. The maximum Gasteiger partial charge on any atom is 0.249 e. The molecule has 0 aliphatic carbocycles. The first-order valence-corrected chi connectivity index (χ1v) is 8.93. The molecule has 0 bridgehead atoms. The smallest absolute Gasteiger partial charge is 0.249 e. The number of hydrogen-bond donors (Lipinski definition) is 0. The van der Waals surface area contributed by atoms with Gasteiger partial charge in [-0.2, -0.15) is 4.31 Å². The molecule has 1 saturated heterocycles. The minimum absolute atomic E-state index is 0.170. The fourth-order valence-corrected chi connectivity index (χ4v) is 5.11. The quantitative estimate of drug-likeness (QED) is 0.858. The van der Waals surface area contributed by atoms with Crippen LogP contribution in [0.5, 0.6) is 0 Å². The van der Waals surface area contributed by atoms with Gasteiger partial charge in [-0.3, -0.25) is 0 Å². The Morgan fingerprint density at radius 2 is 1.95 bits per heavy atom. The Bertz CT molecular complexity index is 764. The molecule has 7 heteroatoms. The normalized spacial score (nSPS) is 19.7. The van der Waals surface area contributed by atoms with E-state index in [2.05, 4.69) is 5.16 Å². The summed E-state index contributed by atoms with van der Waals surface area (Å²) in [5, 5.41) is 4.41. The molecule has 1 aliphatic heterocycles. The molecule has 1 atom stereocenters. The lowest BCUT2D eigenvalue weighted by Gasteiger charge is -2.24. The van der Waals surface area contributed by atoms with Crippen molar-refractivity contribution < 1.29 is 12.9 Å². The molecule has 0 N–H and O–H groups in total. The highest BCUT2D eigenvalue weighted by molar-refractivity contribution is 7.89. The van der Waals surface area contributed by atoms with E-state index in [-0.39, 0.29) is 10.9 Å². The summed E-state index contributed by atoms with van der Waals surface area (Å²) in [4.78, 5) is 0.188. The zero-order valence-electron chi connectivity index (χ0n) is 12.4. The summed E-state index contributed by atoms with van der Waals surface area (Å²) in [6.45, 7) is 3.77. The molecule has 5 nitrogen and oxygen atoms in total. The second-order valence-corrected chi connectivity index (χ2v) is 7.74. The molecule has 0 saturated carbocycles. The van der Waals surface area contributed by atoms with Gasteiger partial charge in [0.2, 0.25) is 10.0 Å². The zero-order chi connectivity index (χ0) is 15.9. The number of sulfonamides is 1. The Hall–Kier alpha value is -1.37. The van der Waals surface area contributed by atoms with Crippen LogP contribution in [0.1, 0.15) is 35.9 Å². The van der Waals surface area contributed by atoms with Crippen molar-refractivity contribution in [3.05, 3.63) is 46.3 Å². The number of nitrogens with zero attached hydrogens (tertiary/aromatic N) is 2. The van der Waals surface area contributed by atoms with Crippen LogP contribution in [0.3, 0.4) is 0 Å². The molecule has 118 valence electrons. The van der Waals surface area contributed by atoms with Crippen LogP contribution >= 0.6 is 11.6 Å². The molecule has 1 aromatic carbocycles. The number of rotatable bonds is 3. The van der Waals surface area contributed by atoms with Crippen molar-refractivity contribution in [2.24, 2.45) is 0 Å². The second-order valence-electron chi connectivity index (χ2n) is 5.48. The molecule has 2 aromatic rings. The van der Waals surface area contributed by atoms with Crippen molar-refractivity contribution in [3.8, 4) is 0 Å². The molecular weight excluding hydrogens is 324 g/mol. The average molecular weight is 341 g/mol. The van der Waals surface area contributed by atoms with Crippen molar-refractivity contribution in [2.75, 3.05) is 6.54 Å². The van der Waals surface area contributed by atoms with Crippen molar-refractivity contribution in [1.82, 2.24) is 9.46 Å². The Kier molecular flexibility index (Phi) is 4.01. The van der Waals surface area contributed by atoms with Gasteiger partial charge in [-0.25, -0.2) is 8.42 Å². The molecule has 0 spiro atoms. The second kappa shape index (κ2) is 5.68. The van der Waals surface area contributed by atoms with Crippen LogP contribution in [-0.2, 0) is 10.0 Å². The highest BCUT2D eigenvalue weighted by atomic mass is 35.5. The number of aromatic nitrogens is 1. The number of aryl methyl sites for hydroxylation is 2. The van der Waals surface area contributed by atoms with Crippen LogP contribution in [0.4, 0.5) is 0 Å². The summed E-state index contributed by atoms with van der Waals surface area (Å²) < 4.78 is 32.5. The summed E-state index contributed by atoms with van der Waals surface area (Å²) in [6.07, 6.45) is 1.63. The van der Waals surface area contributed by atoms with Gasteiger partial charge in [-0.05, 0) is 44.4 Å².